The maximum atomic E-state index is 6.36. The fraction of sp³-hybridized carbons (Fsp3) is 0.421. The number of thiophene rings is 1. The Bertz CT molecular complexity index is 1190. The first-order chi connectivity index (χ1) is 13.6. The van der Waals surface area contributed by atoms with Crippen LogP contribution in [0.1, 0.15) is 47.0 Å². The Morgan fingerprint density at radius 2 is 1.96 bits per heavy atom. The first-order valence-electron chi connectivity index (χ1n) is 9.49. The quantitative estimate of drug-likeness (QED) is 0.404. The molecular formula is C19H21N7S2. The fourth-order valence-corrected chi connectivity index (χ4v) is 6.03. The number of nitrogens with two attached hydrogens (primary N) is 1. The van der Waals surface area contributed by atoms with Gasteiger partial charge in [0.1, 0.15) is 22.3 Å². The van der Waals surface area contributed by atoms with Crippen LogP contribution in [0, 0.1) is 13.8 Å². The van der Waals surface area contributed by atoms with Crippen molar-refractivity contribution in [3.63, 3.8) is 0 Å². The summed E-state index contributed by atoms with van der Waals surface area (Å²) in [5.74, 6) is 2.82. The summed E-state index contributed by atoms with van der Waals surface area (Å²) in [5.41, 5.74) is 9.49. The second kappa shape index (κ2) is 6.97. The topological polar surface area (TPSA) is 94.9 Å². The minimum absolute atomic E-state index is 0.594. The molecule has 144 valence electrons. The molecule has 0 aliphatic heterocycles. The normalized spacial score (nSPS) is 14.5. The van der Waals surface area contributed by atoms with Crippen LogP contribution in [0.15, 0.2) is 11.2 Å². The van der Waals surface area contributed by atoms with Gasteiger partial charge in [0.2, 0.25) is 0 Å². The van der Waals surface area contributed by atoms with Gasteiger partial charge in [-0.15, -0.1) is 21.5 Å². The van der Waals surface area contributed by atoms with Gasteiger partial charge in [-0.1, -0.05) is 18.2 Å². The van der Waals surface area contributed by atoms with E-state index >= 15 is 0 Å². The molecule has 0 saturated heterocycles. The summed E-state index contributed by atoms with van der Waals surface area (Å²) in [6, 6.07) is 1.93. The van der Waals surface area contributed by atoms with Crippen molar-refractivity contribution < 1.29 is 0 Å². The van der Waals surface area contributed by atoms with Crippen LogP contribution >= 0.6 is 23.1 Å². The van der Waals surface area contributed by atoms with E-state index in [9.17, 15) is 0 Å². The zero-order valence-electron chi connectivity index (χ0n) is 15.9. The van der Waals surface area contributed by atoms with Crippen LogP contribution in [-0.2, 0) is 18.6 Å². The van der Waals surface area contributed by atoms with Gasteiger partial charge in [0.15, 0.2) is 10.8 Å². The lowest BCUT2D eigenvalue weighted by Gasteiger charge is -2.05. The molecule has 1 aliphatic rings. The number of aromatic nitrogens is 6. The molecule has 0 atom stereocenters. The van der Waals surface area contributed by atoms with Crippen molar-refractivity contribution in [1.29, 1.82) is 0 Å². The van der Waals surface area contributed by atoms with Crippen molar-refractivity contribution in [2.45, 2.75) is 56.9 Å². The molecule has 0 aromatic carbocycles. The summed E-state index contributed by atoms with van der Waals surface area (Å²) in [5, 5.41) is 10.5. The Kier molecular flexibility index (Phi) is 4.43. The SMILES string of the molecule is Cc1cc2nnc(SCc3nc(N)c4c5c(sc4n3)CCCCC5)n2c(C)n1. The van der Waals surface area contributed by atoms with Crippen molar-refractivity contribution in [1.82, 2.24) is 29.5 Å². The van der Waals surface area contributed by atoms with Crippen molar-refractivity contribution >= 4 is 44.8 Å². The summed E-state index contributed by atoms with van der Waals surface area (Å²) in [6.45, 7) is 3.93. The molecule has 2 N–H and O–H groups in total. The third kappa shape index (κ3) is 3.02. The molecule has 4 heterocycles. The number of anilines is 1. The van der Waals surface area contributed by atoms with E-state index < -0.39 is 0 Å². The lowest BCUT2D eigenvalue weighted by atomic mass is 10.1. The number of nitrogen functional groups attached to an aromatic ring is 1. The predicted octanol–water partition coefficient (Wildman–Crippen LogP) is 3.89. The second-order valence-electron chi connectivity index (χ2n) is 7.18. The first kappa shape index (κ1) is 17.8. The van der Waals surface area contributed by atoms with Crippen molar-refractivity contribution in [3.8, 4) is 0 Å². The minimum Gasteiger partial charge on any atom is -0.383 e. The number of nitrogens with zero attached hydrogens (tertiary/aromatic N) is 6. The van der Waals surface area contributed by atoms with Crippen LogP contribution in [0.25, 0.3) is 15.9 Å². The van der Waals surface area contributed by atoms with Crippen molar-refractivity contribution in [2.24, 2.45) is 0 Å². The van der Waals surface area contributed by atoms with E-state index in [0.717, 1.165) is 51.2 Å². The zero-order valence-corrected chi connectivity index (χ0v) is 17.5. The monoisotopic (exact) mass is 411 g/mol. The number of thioether (sulfide) groups is 1. The van der Waals surface area contributed by atoms with E-state index in [1.807, 2.05) is 24.3 Å². The van der Waals surface area contributed by atoms with Crippen LogP contribution in [0.4, 0.5) is 5.82 Å². The number of rotatable bonds is 3. The van der Waals surface area contributed by atoms with Gasteiger partial charge in [0.25, 0.3) is 0 Å². The van der Waals surface area contributed by atoms with Crippen LogP contribution in [0.2, 0.25) is 0 Å². The Labute approximate surface area is 170 Å². The molecular weight excluding hydrogens is 390 g/mol. The molecule has 5 rings (SSSR count). The molecule has 0 fully saturated rings. The third-order valence-corrected chi connectivity index (χ3v) is 7.24. The third-order valence-electron chi connectivity index (χ3n) is 5.13. The van der Waals surface area contributed by atoms with E-state index in [1.165, 1.54) is 29.7 Å². The molecule has 7 nitrogen and oxygen atoms in total. The number of hydrogen-bond donors (Lipinski definition) is 1. The van der Waals surface area contributed by atoms with Gasteiger partial charge in [-0.25, -0.2) is 15.0 Å². The molecule has 4 aromatic rings. The zero-order chi connectivity index (χ0) is 19.3. The predicted molar refractivity (Wildman–Crippen MR) is 113 cm³/mol. The van der Waals surface area contributed by atoms with Gasteiger partial charge in [0, 0.05) is 16.6 Å². The van der Waals surface area contributed by atoms with Gasteiger partial charge in [-0.05, 0) is 45.1 Å². The highest BCUT2D eigenvalue weighted by atomic mass is 32.2. The first-order valence-corrected chi connectivity index (χ1v) is 11.3. The van der Waals surface area contributed by atoms with Gasteiger partial charge >= 0.3 is 0 Å². The summed E-state index contributed by atoms with van der Waals surface area (Å²) in [4.78, 5) is 16.4. The van der Waals surface area contributed by atoms with E-state index in [0.29, 0.717) is 11.6 Å². The molecule has 1 aliphatic carbocycles. The smallest absolute Gasteiger partial charge is 0.197 e. The molecule has 9 heteroatoms. The summed E-state index contributed by atoms with van der Waals surface area (Å²) >= 11 is 3.35. The molecule has 0 spiro atoms. The second-order valence-corrected chi connectivity index (χ2v) is 9.21. The van der Waals surface area contributed by atoms with Gasteiger partial charge in [-0.2, -0.15) is 0 Å². The average Bonchev–Trinajstić information content (AvgIpc) is 3.14. The molecule has 4 aromatic heterocycles. The molecule has 0 bridgehead atoms. The summed E-state index contributed by atoms with van der Waals surface area (Å²) in [7, 11) is 0. The largest absolute Gasteiger partial charge is 0.383 e. The number of aryl methyl sites for hydroxylation is 4. The van der Waals surface area contributed by atoms with E-state index in [-0.39, 0.29) is 0 Å². The highest BCUT2D eigenvalue weighted by Gasteiger charge is 2.19. The number of fused-ring (bicyclic) bond motifs is 4. The van der Waals surface area contributed by atoms with E-state index in [4.69, 9.17) is 10.7 Å². The Morgan fingerprint density at radius 1 is 1.11 bits per heavy atom. The minimum atomic E-state index is 0.594. The van der Waals surface area contributed by atoms with Crippen LogP contribution in [-0.4, -0.2) is 29.5 Å². The summed E-state index contributed by atoms with van der Waals surface area (Å²) < 4.78 is 1.97. The standard InChI is InChI=1S/C19H21N7S2/c1-10-8-15-24-25-19(26(15)11(2)21-10)27-9-14-22-17(20)16-12-6-4-3-5-7-13(12)28-18(16)23-14/h8H,3-7,9H2,1-2H3,(H2,20,22,23). The van der Waals surface area contributed by atoms with E-state index in [2.05, 4.69) is 20.2 Å². The van der Waals surface area contributed by atoms with Crippen LogP contribution in [0.5, 0.6) is 0 Å². The van der Waals surface area contributed by atoms with Gasteiger partial charge < -0.3 is 5.73 Å². The highest BCUT2D eigenvalue weighted by Crippen LogP contribution is 2.37. The van der Waals surface area contributed by atoms with Crippen molar-refractivity contribution in [3.05, 3.63) is 33.8 Å². The van der Waals surface area contributed by atoms with Crippen LogP contribution in [0.3, 0.4) is 0 Å². The number of hydrogen-bond acceptors (Lipinski definition) is 8. The highest BCUT2D eigenvalue weighted by molar-refractivity contribution is 7.98. The van der Waals surface area contributed by atoms with Crippen molar-refractivity contribution in [2.75, 3.05) is 5.73 Å². The molecule has 0 saturated carbocycles. The Hall–Kier alpha value is -2.26. The molecule has 0 unspecified atom stereocenters. The Morgan fingerprint density at radius 3 is 2.86 bits per heavy atom. The fourth-order valence-electron chi connectivity index (χ4n) is 3.90. The molecule has 28 heavy (non-hydrogen) atoms. The molecule has 0 radical (unpaired) electrons. The lowest BCUT2D eigenvalue weighted by molar-refractivity contribution is 0.713. The Balaban J connectivity index is 1.46. The molecule has 0 amide bonds. The van der Waals surface area contributed by atoms with Gasteiger partial charge in [-0.3, -0.25) is 4.40 Å². The lowest BCUT2D eigenvalue weighted by Crippen LogP contribution is -2.01. The summed E-state index contributed by atoms with van der Waals surface area (Å²) in [6.07, 6.45) is 6.00. The average molecular weight is 412 g/mol. The van der Waals surface area contributed by atoms with Crippen LogP contribution < -0.4 is 5.73 Å². The van der Waals surface area contributed by atoms with Gasteiger partial charge in [0.05, 0.1) is 11.1 Å². The van der Waals surface area contributed by atoms with E-state index in [1.54, 1.807) is 23.1 Å². The maximum Gasteiger partial charge on any atom is 0.197 e. The maximum absolute atomic E-state index is 6.36.